The molecule has 21 heavy (non-hydrogen) atoms. The molecule has 1 fully saturated rings. The van der Waals surface area contributed by atoms with Crippen molar-refractivity contribution in [1.29, 1.82) is 0 Å². The highest BCUT2D eigenvalue weighted by Crippen LogP contribution is 2.38. The molecule has 1 N–H and O–H groups in total. The summed E-state index contributed by atoms with van der Waals surface area (Å²) in [6.07, 6.45) is 5.33. The van der Waals surface area contributed by atoms with E-state index in [2.05, 4.69) is 43.4 Å². The average molecular weight is 289 g/mol. The van der Waals surface area contributed by atoms with Crippen LogP contribution in [-0.4, -0.2) is 31.4 Å². The highest BCUT2D eigenvalue weighted by Gasteiger charge is 2.43. The maximum Gasteiger partial charge on any atom is 0.0990 e. The lowest BCUT2D eigenvalue weighted by molar-refractivity contribution is -0.169. The van der Waals surface area contributed by atoms with Gasteiger partial charge in [-0.25, -0.2) is 0 Å². The molecule has 1 saturated carbocycles. The van der Waals surface area contributed by atoms with Crippen molar-refractivity contribution in [2.24, 2.45) is 0 Å². The number of likely N-dealkylation sites (N-methyl/N-ethyl adjacent to an activating group) is 1. The van der Waals surface area contributed by atoms with Gasteiger partial charge in [0.25, 0.3) is 0 Å². The lowest BCUT2D eigenvalue weighted by Gasteiger charge is -2.46. The molecule has 2 aliphatic rings. The molecule has 0 radical (unpaired) electrons. The molecule has 0 aliphatic heterocycles. The second-order valence-electron chi connectivity index (χ2n) is 6.07. The van der Waals surface area contributed by atoms with Crippen molar-refractivity contribution in [3.05, 3.63) is 35.4 Å². The van der Waals surface area contributed by atoms with Gasteiger partial charge in [-0.3, -0.25) is 0 Å². The Balaban J connectivity index is 1.65. The van der Waals surface area contributed by atoms with Gasteiger partial charge in [0.15, 0.2) is 0 Å². The fraction of sp³-hybridized carbons (Fsp3) is 0.667. The SMILES string of the molecule is CCNC1CC(OC2CCCc3ccccc32)C1OCC. The van der Waals surface area contributed by atoms with Crippen molar-refractivity contribution in [2.45, 2.75) is 63.9 Å². The van der Waals surface area contributed by atoms with Gasteiger partial charge in [-0.15, -0.1) is 0 Å². The van der Waals surface area contributed by atoms with E-state index in [1.165, 1.54) is 24.0 Å². The van der Waals surface area contributed by atoms with Gasteiger partial charge in [-0.2, -0.15) is 0 Å². The third kappa shape index (κ3) is 3.15. The Hall–Kier alpha value is -0.900. The maximum absolute atomic E-state index is 6.43. The molecule has 0 bridgehead atoms. The van der Waals surface area contributed by atoms with Crippen LogP contribution in [0, 0.1) is 0 Å². The Labute approximate surface area is 128 Å². The fourth-order valence-electron chi connectivity index (χ4n) is 3.65. The van der Waals surface area contributed by atoms with Gasteiger partial charge in [0.2, 0.25) is 0 Å². The third-order valence-electron chi connectivity index (χ3n) is 4.73. The molecule has 0 saturated heterocycles. The number of benzene rings is 1. The van der Waals surface area contributed by atoms with Crippen LogP contribution in [0.2, 0.25) is 0 Å². The standard InChI is InChI=1S/C18H27NO2/c1-3-19-15-12-17(18(15)20-4-2)21-16-11-7-9-13-8-5-6-10-14(13)16/h5-6,8,10,15-19H,3-4,7,9,11-12H2,1-2H3. The summed E-state index contributed by atoms with van der Waals surface area (Å²) in [5, 5.41) is 3.50. The van der Waals surface area contributed by atoms with Gasteiger partial charge in [0, 0.05) is 12.6 Å². The molecule has 0 heterocycles. The van der Waals surface area contributed by atoms with Crippen LogP contribution in [0.5, 0.6) is 0 Å². The Morgan fingerprint density at radius 2 is 2.10 bits per heavy atom. The summed E-state index contributed by atoms with van der Waals surface area (Å²) in [7, 11) is 0. The predicted octanol–water partition coefficient (Wildman–Crippen LogP) is 3.24. The molecular weight excluding hydrogens is 262 g/mol. The Bertz CT molecular complexity index is 462. The molecule has 3 heteroatoms. The summed E-state index contributed by atoms with van der Waals surface area (Å²) in [6.45, 7) is 5.96. The topological polar surface area (TPSA) is 30.5 Å². The Kier molecular flexibility index (Phi) is 4.94. The van der Waals surface area contributed by atoms with E-state index in [9.17, 15) is 0 Å². The zero-order chi connectivity index (χ0) is 14.7. The summed E-state index contributed by atoms with van der Waals surface area (Å²) >= 11 is 0. The second-order valence-corrected chi connectivity index (χ2v) is 6.07. The van der Waals surface area contributed by atoms with E-state index in [0.29, 0.717) is 6.04 Å². The summed E-state index contributed by atoms with van der Waals surface area (Å²) in [4.78, 5) is 0. The Morgan fingerprint density at radius 1 is 1.24 bits per heavy atom. The van der Waals surface area contributed by atoms with Gasteiger partial charge in [-0.05, 0) is 50.3 Å². The largest absolute Gasteiger partial charge is 0.374 e. The van der Waals surface area contributed by atoms with Gasteiger partial charge in [0.1, 0.15) is 0 Å². The Morgan fingerprint density at radius 3 is 2.90 bits per heavy atom. The first-order valence-electron chi connectivity index (χ1n) is 8.41. The molecule has 2 aliphatic carbocycles. The molecule has 0 aromatic heterocycles. The van der Waals surface area contributed by atoms with Crippen LogP contribution in [0.15, 0.2) is 24.3 Å². The normalized spacial score (nSPS) is 31.5. The maximum atomic E-state index is 6.43. The van der Waals surface area contributed by atoms with E-state index in [0.717, 1.165) is 26.0 Å². The minimum absolute atomic E-state index is 0.212. The first-order chi connectivity index (χ1) is 10.3. The molecule has 3 rings (SSSR count). The van der Waals surface area contributed by atoms with E-state index in [1.54, 1.807) is 0 Å². The average Bonchev–Trinajstić information content (AvgIpc) is 2.52. The van der Waals surface area contributed by atoms with Crippen molar-refractivity contribution < 1.29 is 9.47 Å². The number of ether oxygens (including phenoxy) is 2. The van der Waals surface area contributed by atoms with Crippen LogP contribution in [0.4, 0.5) is 0 Å². The van der Waals surface area contributed by atoms with Gasteiger partial charge in [0.05, 0.1) is 18.3 Å². The van der Waals surface area contributed by atoms with Crippen LogP contribution in [0.1, 0.15) is 50.3 Å². The molecule has 0 amide bonds. The van der Waals surface area contributed by atoms with Crippen molar-refractivity contribution >= 4 is 0 Å². The molecular formula is C18H27NO2. The molecule has 4 unspecified atom stereocenters. The summed E-state index contributed by atoms with van der Waals surface area (Å²) in [5.74, 6) is 0. The number of fused-ring (bicyclic) bond motifs is 1. The molecule has 4 atom stereocenters. The minimum Gasteiger partial charge on any atom is -0.374 e. The van der Waals surface area contributed by atoms with Crippen LogP contribution >= 0.6 is 0 Å². The van der Waals surface area contributed by atoms with Crippen LogP contribution in [0.25, 0.3) is 0 Å². The van der Waals surface area contributed by atoms with Gasteiger partial charge >= 0.3 is 0 Å². The van der Waals surface area contributed by atoms with E-state index in [4.69, 9.17) is 9.47 Å². The van der Waals surface area contributed by atoms with E-state index >= 15 is 0 Å². The number of hydrogen-bond donors (Lipinski definition) is 1. The summed E-state index contributed by atoms with van der Waals surface area (Å²) in [5.41, 5.74) is 2.86. The first kappa shape index (κ1) is 15.0. The molecule has 1 aromatic carbocycles. The predicted molar refractivity (Wildman–Crippen MR) is 84.5 cm³/mol. The number of rotatable bonds is 6. The molecule has 1 aromatic rings. The monoisotopic (exact) mass is 289 g/mol. The lowest BCUT2D eigenvalue weighted by Crippen LogP contribution is -2.60. The number of nitrogens with one attached hydrogen (secondary N) is 1. The van der Waals surface area contributed by atoms with Crippen LogP contribution < -0.4 is 5.32 Å². The summed E-state index contributed by atoms with van der Waals surface area (Å²) < 4.78 is 12.3. The second kappa shape index (κ2) is 6.91. The fourth-order valence-corrected chi connectivity index (χ4v) is 3.65. The smallest absolute Gasteiger partial charge is 0.0990 e. The van der Waals surface area contributed by atoms with Crippen LogP contribution in [-0.2, 0) is 15.9 Å². The third-order valence-corrected chi connectivity index (χ3v) is 4.73. The van der Waals surface area contributed by atoms with E-state index in [1.807, 2.05) is 0 Å². The van der Waals surface area contributed by atoms with Crippen molar-refractivity contribution in [2.75, 3.05) is 13.2 Å². The zero-order valence-corrected chi connectivity index (χ0v) is 13.2. The minimum atomic E-state index is 0.212. The highest BCUT2D eigenvalue weighted by atomic mass is 16.6. The first-order valence-corrected chi connectivity index (χ1v) is 8.41. The molecule has 116 valence electrons. The molecule has 0 spiro atoms. The lowest BCUT2D eigenvalue weighted by atomic mass is 9.83. The van der Waals surface area contributed by atoms with Crippen LogP contribution in [0.3, 0.4) is 0 Å². The quantitative estimate of drug-likeness (QED) is 0.872. The highest BCUT2D eigenvalue weighted by molar-refractivity contribution is 5.31. The zero-order valence-electron chi connectivity index (χ0n) is 13.2. The van der Waals surface area contributed by atoms with Gasteiger partial charge in [-0.1, -0.05) is 31.2 Å². The van der Waals surface area contributed by atoms with E-state index < -0.39 is 0 Å². The summed E-state index contributed by atoms with van der Waals surface area (Å²) in [6, 6.07) is 9.19. The van der Waals surface area contributed by atoms with Crippen molar-refractivity contribution in [3.8, 4) is 0 Å². The van der Waals surface area contributed by atoms with Crippen molar-refractivity contribution in [1.82, 2.24) is 5.32 Å². The number of aryl methyl sites for hydroxylation is 1. The molecule has 3 nitrogen and oxygen atoms in total. The van der Waals surface area contributed by atoms with Gasteiger partial charge < -0.3 is 14.8 Å². The van der Waals surface area contributed by atoms with E-state index in [-0.39, 0.29) is 18.3 Å². The van der Waals surface area contributed by atoms with Crippen molar-refractivity contribution in [3.63, 3.8) is 0 Å². The number of hydrogen-bond acceptors (Lipinski definition) is 3.